The van der Waals surface area contributed by atoms with Gasteiger partial charge in [0.15, 0.2) is 0 Å². The maximum atomic E-state index is 13.4. The number of carbonyl (C=O) groups excluding carboxylic acids is 5. The number of amides is 4. The van der Waals surface area contributed by atoms with E-state index < -0.39 is 59.0 Å². The molecular weight excluding hydrogens is 624 g/mol. The highest BCUT2D eigenvalue weighted by molar-refractivity contribution is 6.38. The fraction of sp³-hybridized carbons (Fsp3) is 0.368. The molecule has 0 heterocycles. The molecule has 0 saturated heterocycles. The van der Waals surface area contributed by atoms with Crippen LogP contribution in [0.3, 0.4) is 0 Å². The van der Waals surface area contributed by atoms with Crippen molar-refractivity contribution in [3.8, 4) is 0 Å². The molecule has 5 N–H and O–H groups in total. The summed E-state index contributed by atoms with van der Waals surface area (Å²) in [5, 5.41) is 19.7. The van der Waals surface area contributed by atoms with E-state index in [0.29, 0.717) is 5.56 Å². The lowest BCUT2D eigenvalue weighted by Crippen LogP contribution is -2.59. The Kier molecular flexibility index (Phi) is 13.0. The molecule has 0 saturated carbocycles. The number of hydrogen-bond acceptors (Lipinski definition) is 6. The van der Waals surface area contributed by atoms with Gasteiger partial charge in [0.1, 0.15) is 17.6 Å². The van der Waals surface area contributed by atoms with Gasteiger partial charge in [-0.1, -0.05) is 106 Å². The van der Waals surface area contributed by atoms with Crippen molar-refractivity contribution in [1.29, 1.82) is 0 Å². The van der Waals surface area contributed by atoms with Crippen LogP contribution in [0.1, 0.15) is 63.8 Å². The standard InChI is InChI=1S/C38H46N4O7/c1-24(39-33(45)29(21-25-13-9-7-10-14-25)40-31(43)23-26-15-11-8-12-16-26)32(44)35(47)41-30(34(46)42-38(5,6)36(48)49)22-27-17-19-28(20-18-27)37(2,3)4/h7-20,24,29-30H,21-23H2,1-6H3,(H,39,45)(H,40,43)(H,41,47)(H,42,46)(H,48,49). The van der Waals surface area contributed by atoms with Crippen LogP contribution in [-0.2, 0) is 53.4 Å². The topological polar surface area (TPSA) is 171 Å². The van der Waals surface area contributed by atoms with Crippen LogP contribution >= 0.6 is 0 Å². The molecule has 49 heavy (non-hydrogen) atoms. The second-order valence-corrected chi connectivity index (χ2v) is 13.7. The number of aliphatic carboxylic acids is 1. The first kappa shape index (κ1) is 38.1. The van der Waals surface area contributed by atoms with E-state index in [-0.39, 0.29) is 24.7 Å². The number of benzene rings is 3. The Hall–Kier alpha value is -5.32. The molecule has 11 nitrogen and oxygen atoms in total. The SMILES string of the molecule is CC(NC(=O)C(Cc1ccccc1)NC(=O)Cc1ccccc1)C(=O)C(=O)NC(Cc1ccc(C(C)(C)C)cc1)C(=O)NC(C)(C)C(=O)O. The highest BCUT2D eigenvalue weighted by atomic mass is 16.4. The molecule has 3 aromatic carbocycles. The molecule has 0 aromatic heterocycles. The van der Waals surface area contributed by atoms with Crippen molar-refractivity contribution in [3.05, 3.63) is 107 Å². The first-order chi connectivity index (χ1) is 23.0. The zero-order valence-corrected chi connectivity index (χ0v) is 28.8. The van der Waals surface area contributed by atoms with Gasteiger partial charge in [0.2, 0.25) is 23.5 Å². The van der Waals surface area contributed by atoms with E-state index in [1.165, 1.54) is 20.8 Å². The molecule has 260 valence electrons. The zero-order valence-electron chi connectivity index (χ0n) is 28.8. The molecule has 0 bridgehead atoms. The van der Waals surface area contributed by atoms with Crippen LogP contribution in [-0.4, -0.2) is 64.2 Å². The van der Waals surface area contributed by atoms with Crippen molar-refractivity contribution < 1.29 is 33.9 Å². The van der Waals surface area contributed by atoms with Crippen LogP contribution in [0.4, 0.5) is 0 Å². The molecule has 11 heteroatoms. The summed E-state index contributed by atoms with van der Waals surface area (Å²) in [6.45, 7) is 10.1. The highest BCUT2D eigenvalue weighted by Crippen LogP contribution is 2.22. The Balaban J connectivity index is 1.75. The predicted octanol–water partition coefficient (Wildman–Crippen LogP) is 3.03. The van der Waals surface area contributed by atoms with E-state index in [1.54, 1.807) is 60.7 Å². The summed E-state index contributed by atoms with van der Waals surface area (Å²) < 4.78 is 0. The summed E-state index contributed by atoms with van der Waals surface area (Å²) in [4.78, 5) is 77.8. The van der Waals surface area contributed by atoms with Crippen LogP contribution in [0.15, 0.2) is 84.9 Å². The molecule has 3 aromatic rings. The van der Waals surface area contributed by atoms with E-state index in [9.17, 15) is 33.9 Å². The van der Waals surface area contributed by atoms with E-state index in [4.69, 9.17) is 0 Å². The van der Waals surface area contributed by atoms with Gasteiger partial charge >= 0.3 is 5.97 Å². The molecule has 0 spiro atoms. The molecule has 0 aliphatic rings. The number of carboxylic acid groups (broad SMARTS) is 1. The summed E-state index contributed by atoms with van der Waals surface area (Å²) in [5.74, 6) is -5.31. The molecule has 4 amide bonds. The van der Waals surface area contributed by atoms with Crippen molar-refractivity contribution in [2.45, 2.75) is 89.9 Å². The quantitative estimate of drug-likeness (QED) is 0.155. The maximum absolute atomic E-state index is 13.4. The van der Waals surface area contributed by atoms with Gasteiger partial charge in [0, 0.05) is 12.8 Å². The van der Waals surface area contributed by atoms with E-state index >= 15 is 0 Å². The van der Waals surface area contributed by atoms with Crippen molar-refractivity contribution in [3.63, 3.8) is 0 Å². The molecule has 3 rings (SSSR count). The van der Waals surface area contributed by atoms with Crippen molar-refractivity contribution in [2.75, 3.05) is 0 Å². The maximum Gasteiger partial charge on any atom is 0.328 e. The zero-order chi connectivity index (χ0) is 36.4. The second kappa shape index (κ2) is 16.7. The van der Waals surface area contributed by atoms with Gasteiger partial charge in [-0.15, -0.1) is 0 Å². The molecule has 0 radical (unpaired) electrons. The number of nitrogens with one attached hydrogen (secondary N) is 4. The lowest BCUT2D eigenvalue weighted by molar-refractivity contribution is -0.146. The Morgan fingerprint density at radius 2 is 1.12 bits per heavy atom. The third-order valence-electron chi connectivity index (χ3n) is 7.97. The minimum absolute atomic E-state index is 0.0295. The van der Waals surface area contributed by atoms with Crippen LogP contribution in [0, 0.1) is 0 Å². The fourth-order valence-electron chi connectivity index (χ4n) is 4.93. The number of Topliss-reactive ketones (excluding diaryl/α,β-unsaturated/α-hetero) is 1. The van der Waals surface area contributed by atoms with E-state index in [1.807, 2.05) is 24.3 Å². The second-order valence-electron chi connectivity index (χ2n) is 13.7. The largest absolute Gasteiger partial charge is 0.480 e. The van der Waals surface area contributed by atoms with Gasteiger partial charge in [-0.05, 0) is 48.4 Å². The average Bonchev–Trinajstić information content (AvgIpc) is 3.04. The third-order valence-corrected chi connectivity index (χ3v) is 7.97. The van der Waals surface area contributed by atoms with E-state index in [2.05, 4.69) is 42.0 Å². The molecule has 3 unspecified atom stereocenters. The summed E-state index contributed by atoms with van der Waals surface area (Å²) in [7, 11) is 0. The number of carbonyl (C=O) groups is 6. The minimum Gasteiger partial charge on any atom is -0.480 e. The van der Waals surface area contributed by atoms with Gasteiger partial charge in [-0.25, -0.2) is 4.79 Å². The Morgan fingerprint density at radius 3 is 1.63 bits per heavy atom. The van der Waals surface area contributed by atoms with Crippen LogP contribution in [0.2, 0.25) is 0 Å². The van der Waals surface area contributed by atoms with E-state index in [0.717, 1.165) is 16.7 Å². The first-order valence-electron chi connectivity index (χ1n) is 16.1. The van der Waals surface area contributed by atoms with Gasteiger partial charge in [-0.2, -0.15) is 0 Å². The van der Waals surface area contributed by atoms with Crippen LogP contribution in [0.25, 0.3) is 0 Å². The van der Waals surface area contributed by atoms with Gasteiger partial charge < -0.3 is 26.4 Å². The van der Waals surface area contributed by atoms with Crippen LogP contribution in [0.5, 0.6) is 0 Å². The number of hydrogen-bond donors (Lipinski definition) is 5. The molecule has 0 aliphatic carbocycles. The fourth-order valence-corrected chi connectivity index (χ4v) is 4.93. The van der Waals surface area contributed by atoms with Crippen molar-refractivity contribution in [2.24, 2.45) is 0 Å². The van der Waals surface area contributed by atoms with Crippen molar-refractivity contribution in [1.82, 2.24) is 21.3 Å². The Labute approximate surface area is 287 Å². The number of rotatable bonds is 15. The van der Waals surface area contributed by atoms with Crippen molar-refractivity contribution >= 4 is 35.4 Å². The summed E-state index contributed by atoms with van der Waals surface area (Å²) in [6.07, 6.45) is 0.144. The molecule has 0 aliphatic heterocycles. The lowest BCUT2D eigenvalue weighted by Gasteiger charge is -2.26. The highest BCUT2D eigenvalue weighted by Gasteiger charge is 2.35. The summed E-state index contributed by atoms with van der Waals surface area (Å²) >= 11 is 0. The molecule has 3 atom stereocenters. The van der Waals surface area contributed by atoms with Gasteiger partial charge in [0.05, 0.1) is 12.5 Å². The Morgan fingerprint density at radius 1 is 0.633 bits per heavy atom. The smallest absolute Gasteiger partial charge is 0.328 e. The molecule has 0 fully saturated rings. The molecular formula is C38H46N4O7. The number of ketones is 1. The third kappa shape index (κ3) is 11.7. The number of carboxylic acids is 1. The van der Waals surface area contributed by atoms with Crippen LogP contribution < -0.4 is 21.3 Å². The first-order valence-corrected chi connectivity index (χ1v) is 16.1. The predicted molar refractivity (Wildman–Crippen MR) is 185 cm³/mol. The summed E-state index contributed by atoms with van der Waals surface area (Å²) in [6, 6.07) is 21.8. The Bertz CT molecular complexity index is 1630. The average molecular weight is 671 g/mol. The van der Waals surface area contributed by atoms with Gasteiger partial charge in [0.25, 0.3) is 5.91 Å². The minimum atomic E-state index is -1.65. The van der Waals surface area contributed by atoms with Gasteiger partial charge in [-0.3, -0.25) is 24.0 Å². The summed E-state index contributed by atoms with van der Waals surface area (Å²) in [5.41, 5.74) is 1.48. The monoisotopic (exact) mass is 670 g/mol. The normalized spacial score (nSPS) is 13.3. The lowest BCUT2D eigenvalue weighted by atomic mass is 9.86.